The fourth-order valence-corrected chi connectivity index (χ4v) is 5.16. The Morgan fingerprint density at radius 1 is 1.46 bits per heavy atom. The number of fused-ring (bicyclic) bond motifs is 2. The van der Waals surface area contributed by atoms with Crippen molar-refractivity contribution in [2.45, 2.75) is 25.5 Å². The summed E-state index contributed by atoms with van der Waals surface area (Å²) in [6.45, 7) is 5.54. The molecule has 1 aliphatic heterocycles. The predicted octanol–water partition coefficient (Wildman–Crippen LogP) is 3.36. The van der Waals surface area contributed by atoms with E-state index in [1.54, 1.807) is 4.90 Å². The molecule has 146 valence electrons. The SMILES string of the molecule is CCn1c(=S)sc2c(=O)[nH]c(SCC(=O)N3CCOc4ccc(C)cc43)nc21. The summed E-state index contributed by atoms with van der Waals surface area (Å²) in [6.07, 6.45) is 0. The van der Waals surface area contributed by atoms with Crippen LogP contribution in [0, 0.1) is 10.9 Å². The van der Waals surface area contributed by atoms with Crippen LogP contribution in [0.25, 0.3) is 10.3 Å². The number of benzene rings is 1. The lowest BCUT2D eigenvalue weighted by Crippen LogP contribution is -2.39. The number of ether oxygens (including phenoxy) is 1. The van der Waals surface area contributed by atoms with Gasteiger partial charge in [0.2, 0.25) is 5.91 Å². The van der Waals surface area contributed by atoms with Gasteiger partial charge in [0.05, 0.1) is 18.0 Å². The first kappa shape index (κ1) is 19.2. The first-order valence-electron chi connectivity index (χ1n) is 8.78. The number of rotatable bonds is 4. The molecular formula is C18H18N4O3S3. The highest BCUT2D eigenvalue weighted by Crippen LogP contribution is 2.33. The number of H-pyrrole nitrogens is 1. The molecule has 10 heteroatoms. The minimum atomic E-state index is -0.226. The van der Waals surface area contributed by atoms with E-state index in [9.17, 15) is 9.59 Å². The minimum Gasteiger partial charge on any atom is -0.490 e. The molecule has 0 fully saturated rings. The summed E-state index contributed by atoms with van der Waals surface area (Å²) in [5.41, 5.74) is 2.19. The number of aromatic amines is 1. The normalized spacial score (nSPS) is 13.4. The van der Waals surface area contributed by atoms with Crippen LogP contribution in [-0.2, 0) is 11.3 Å². The molecule has 0 saturated carbocycles. The Balaban J connectivity index is 1.57. The maximum absolute atomic E-state index is 12.8. The second-order valence-electron chi connectivity index (χ2n) is 6.29. The molecular weight excluding hydrogens is 416 g/mol. The maximum Gasteiger partial charge on any atom is 0.271 e. The highest BCUT2D eigenvalue weighted by molar-refractivity contribution is 7.99. The Morgan fingerprint density at radius 2 is 2.29 bits per heavy atom. The molecule has 0 aliphatic carbocycles. The number of thioether (sulfide) groups is 1. The number of aryl methyl sites for hydroxylation is 2. The van der Waals surface area contributed by atoms with Crippen molar-refractivity contribution in [2.24, 2.45) is 0 Å². The quantitative estimate of drug-likeness (QED) is 0.385. The zero-order valence-electron chi connectivity index (χ0n) is 15.4. The standard InChI is InChI=1S/C18H18N4O3S3/c1-3-21-15-14(28-18(21)26)16(24)20-17(19-15)27-9-13(23)22-6-7-25-12-5-4-10(2)8-11(12)22/h4-5,8H,3,6-7,9H2,1-2H3,(H,19,20,24). The molecule has 0 radical (unpaired) electrons. The van der Waals surface area contributed by atoms with Gasteiger partial charge < -0.3 is 19.2 Å². The van der Waals surface area contributed by atoms with Crippen molar-refractivity contribution in [1.82, 2.24) is 14.5 Å². The highest BCUT2D eigenvalue weighted by atomic mass is 32.2. The molecule has 1 aromatic carbocycles. The van der Waals surface area contributed by atoms with Gasteiger partial charge in [0.25, 0.3) is 5.56 Å². The number of amides is 1. The van der Waals surface area contributed by atoms with Crippen LogP contribution in [-0.4, -0.2) is 39.3 Å². The Kier molecular flexibility index (Phi) is 5.26. The molecule has 3 heterocycles. The molecule has 3 aromatic rings. The molecule has 28 heavy (non-hydrogen) atoms. The number of carbonyl (C=O) groups excluding carboxylic acids is 1. The van der Waals surface area contributed by atoms with E-state index < -0.39 is 0 Å². The lowest BCUT2D eigenvalue weighted by Gasteiger charge is -2.29. The summed E-state index contributed by atoms with van der Waals surface area (Å²) >= 11 is 7.77. The van der Waals surface area contributed by atoms with Crippen molar-refractivity contribution in [3.8, 4) is 5.75 Å². The molecule has 7 nitrogen and oxygen atoms in total. The molecule has 0 spiro atoms. The average Bonchev–Trinajstić information content (AvgIpc) is 3.01. The Labute approximate surface area is 174 Å². The Hall–Kier alpha value is -2.17. The van der Waals surface area contributed by atoms with Gasteiger partial charge in [-0.3, -0.25) is 9.59 Å². The molecule has 2 aromatic heterocycles. The highest BCUT2D eigenvalue weighted by Gasteiger charge is 2.24. The van der Waals surface area contributed by atoms with E-state index in [0.717, 1.165) is 11.3 Å². The van der Waals surface area contributed by atoms with Crippen LogP contribution in [0.1, 0.15) is 12.5 Å². The molecule has 1 aliphatic rings. The Bertz CT molecular complexity index is 1180. The summed E-state index contributed by atoms with van der Waals surface area (Å²) in [7, 11) is 0. The van der Waals surface area contributed by atoms with Gasteiger partial charge >= 0.3 is 0 Å². The largest absolute Gasteiger partial charge is 0.490 e. The number of thiazole rings is 1. The zero-order chi connectivity index (χ0) is 19.8. The Morgan fingerprint density at radius 3 is 3.07 bits per heavy atom. The third kappa shape index (κ3) is 3.47. The van der Waals surface area contributed by atoms with Crippen molar-refractivity contribution in [2.75, 3.05) is 23.8 Å². The van der Waals surface area contributed by atoms with Crippen LogP contribution in [0.5, 0.6) is 5.75 Å². The van der Waals surface area contributed by atoms with Crippen LogP contribution in [0.4, 0.5) is 5.69 Å². The van der Waals surface area contributed by atoms with Gasteiger partial charge in [-0.15, -0.1) is 0 Å². The molecule has 1 N–H and O–H groups in total. The van der Waals surface area contributed by atoms with Crippen molar-refractivity contribution >= 4 is 57.3 Å². The summed E-state index contributed by atoms with van der Waals surface area (Å²) < 4.78 is 8.61. The fraction of sp³-hybridized carbons (Fsp3) is 0.333. The van der Waals surface area contributed by atoms with Crippen molar-refractivity contribution in [3.05, 3.63) is 38.1 Å². The second kappa shape index (κ2) is 7.69. The summed E-state index contributed by atoms with van der Waals surface area (Å²) in [4.78, 5) is 34.2. The van der Waals surface area contributed by atoms with Gasteiger partial charge in [-0.05, 0) is 43.8 Å². The topological polar surface area (TPSA) is 80.2 Å². The minimum absolute atomic E-state index is 0.0551. The van der Waals surface area contributed by atoms with Crippen LogP contribution < -0.4 is 15.2 Å². The second-order valence-corrected chi connectivity index (χ2v) is 8.90. The van der Waals surface area contributed by atoms with E-state index in [1.165, 1.54) is 23.1 Å². The maximum atomic E-state index is 12.8. The number of hydrogen-bond acceptors (Lipinski definition) is 7. The van der Waals surface area contributed by atoms with Gasteiger partial charge in [0.1, 0.15) is 17.1 Å². The van der Waals surface area contributed by atoms with Gasteiger partial charge in [-0.25, -0.2) is 4.98 Å². The molecule has 1 amide bonds. The van der Waals surface area contributed by atoms with Gasteiger partial charge in [0.15, 0.2) is 14.8 Å². The van der Waals surface area contributed by atoms with Crippen molar-refractivity contribution < 1.29 is 9.53 Å². The lowest BCUT2D eigenvalue weighted by atomic mass is 10.1. The number of hydrogen-bond donors (Lipinski definition) is 1. The van der Waals surface area contributed by atoms with Crippen LogP contribution in [0.2, 0.25) is 0 Å². The van der Waals surface area contributed by atoms with E-state index in [0.29, 0.717) is 44.9 Å². The summed E-state index contributed by atoms with van der Waals surface area (Å²) in [6, 6.07) is 5.79. The van der Waals surface area contributed by atoms with Crippen LogP contribution in [0.15, 0.2) is 28.2 Å². The van der Waals surface area contributed by atoms with E-state index in [1.807, 2.05) is 36.6 Å². The molecule has 4 rings (SSSR count). The van der Waals surface area contributed by atoms with Crippen molar-refractivity contribution in [3.63, 3.8) is 0 Å². The van der Waals surface area contributed by atoms with Gasteiger partial charge in [-0.2, -0.15) is 0 Å². The van der Waals surface area contributed by atoms with E-state index in [-0.39, 0.29) is 17.2 Å². The van der Waals surface area contributed by atoms with Crippen LogP contribution in [0.3, 0.4) is 0 Å². The number of carbonyl (C=O) groups is 1. The van der Waals surface area contributed by atoms with Gasteiger partial charge in [-0.1, -0.05) is 29.2 Å². The number of nitrogens with one attached hydrogen (secondary N) is 1. The number of aromatic nitrogens is 3. The van der Waals surface area contributed by atoms with Gasteiger partial charge in [0, 0.05) is 6.54 Å². The van der Waals surface area contributed by atoms with E-state index in [2.05, 4.69) is 9.97 Å². The predicted molar refractivity (Wildman–Crippen MR) is 114 cm³/mol. The van der Waals surface area contributed by atoms with E-state index in [4.69, 9.17) is 17.0 Å². The third-order valence-corrected chi connectivity index (χ3v) is 6.73. The van der Waals surface area contributed by atoms with Crippen molar-refractivity contribution in [1.29, 1.82) is 0 Å². The average molecular weight is 435 g/mol. The molecule has 0 unspecified atom stereocenters. The monoisotopic (exact) mass is 434 g/mol. The first-order valence-corrected chi connectivity index (χ1v) is 11.0. The number of anilines is 1. The molecule has 0 atom stereocenters. The first-order chi connectivity index (χ1) is 13.5. The van der Waals surface area contributed by atoms with Crippen LogP contribution >= 0.6 is 35.3 Å². The summed E-state index contributed by atoms with van der Waals surface area (Å²) in [5.74, 6) is 0.822. The molecule has 0 saturated heterocycles. The summed E-state index contributed by atoms with van der Waals surface area (Å²) in [5, 5.41) is 0.415. The fourth-order valence-electron chi connectivity index (χ4n) is 3.08. The smallest absolute Gasteiger partial charge is 0.271 e. The lowest BCUT2D eigenvalue weighted by molar-refractivity contribution is -0.116. The third-order valence-electron chi connectivity index (χ3n) is 4.43. The molecule has 0 bridgehead atoms. The number of nitrogens with zero attached hydrogens (tertiary/aromatic N) is 3. The zero-order valence-corrected chi connectivity index (χ0v) is 17.8. The van der Waals surface area contributed by atoms with E-state index >= 15 is 0 Å².